The second-order valence-electron chi connectivity index (χ2n) is 4.58. The molecule has 0 bridgehead atoms. The molecule has 0 fully saturated rings. The molecule has 1 aromatic heterocycles. The van der Waals surface area contributed by atoms with E-state index in [-0.39, 0.29) is 0 Å². The molecule has 0 radical (unpaired) electrons. The molecule has 0 saturated heterocycles. The summed E-state index contributed by atoms with van der Waals surface area (Å²) in [6.07, 6.45) is 6.05. The van der Waals surface area contributed by atoms with E-state index in [1.54, 1.807) is 0 Å². The zero-order chi connectivity index (χ0) is 15.1. The van der Waals surface area contributed by atoms with Gasteiger partial charge in [-0.3, -0.25) is 0 Å². The lowest BCUT2D eigenvalue weighted by Gasteiger charge is -2.13. The molecule has 108 valence electrons. The Morgan fingerprint density at radius 1 is 1.05 bits per heavy atom. The SMILES string of the molecule is C/C=C\C(=C/C)Nc1nc(-c2ccccc2)ccc1NC. The van der Waals surface area contributed by atoms with E-state index in [1.807, 2.05) is 69.5 Å². The molecule has 0 saturated carbocycles. The lowest BCUT2D eigenvalue weighted by molar-refractivity contribution is 1.27. The number of benzene rings is 1. The second-order valence-corrected chi connectivity index (χ2v) is 4.58. The lowest BCUT2D eigenvalue weighted by atomic mass is 10.1. The first kappa shape index (κ1) is 14.9. The molecule has 3 heteroatoms. The molecule has 2 N–H and O–H groups in total. The Morgan fingerprint density at radius 3 is 2.43 bits per heavy atom. The van der Waals surface area contributed by atoms with Crippen LogP contribution in [0, 0.1) is 0 Å². The summed E-state index contributed by atoms with van der Waals surface area (Å²) in [7, 11) is 1.90. The minimum atomic E-state index is 0.824. The molecule has 1 heterocycles. The summed E-state index contributed by atoms with van der Waals surface area (Å²) in [6, 6.07) is 14.2. The van der Waals surface area contributed by atoms with Crippen molar-refractivity contribution in [2.45, 2.75) is 13.8 Å². The molecule has 0 atom stereocenters. The lowest BCUT2D eigenvalue weighted by Crippen LogP contribution is -2.04. The van der Waals surface area contributed by atoms with E-state index < -0.39 is 0 Å². The van der Waals surface area contributed by atoms with Crippen molar-refractivity contribution in [3.8, 4) is 11.3 Å². The number of pyridine rings is 1. The molecule has 3 nitrogen and oxygen atoms in total. The first-order chi connectivity index (χ1) is 10.3. The van der Waals surface area contributed by atoms with Crippen LogP contribution in [-0.4, -0.2) is 12.0 Å². The first-order valence-corrected chi connectivity index (χ1v) is 7.08. The molecule has 2 aromatic rings. The van der Waals surface area contributed by atoms with Crippen molar-refractivity contribution in [3.63, 3.8) is 0 Å². The summed E-state index contributed by atoms with van der Waals surface area (Å²) in [5.41, 5.74) is 4.05. The summed E-state index contributed by atoms with van der Waals surface area (Å²) in [4.78, 5) is 4.74. The van der Waals surface area contributed by atoms with Crippen molar-refractivity contribution >= 4 is 11.5 Å². The van der Waals surface area contributed by atoms with Crippen LogP contribution in [0.1, 0.15) is 13.8 Å². The standard InChI is InChI=1S/C18H21N3/c1-4-9-15(5-2)20-18-17(19-3)13-12-16(21-18)14-10-7-6-8-11-14/h4-13,19H,1-3H3,(H,20,21)/b9-4-,15-5+. The van der Waals surface area contributed by atoms with Crippen molar-refractivity contribution < 1.29 is 0 Å². The van der Waals surface area contributed by atoms with Crippen molar-refractivity contribution in [1.82, 2.24) is 4.98 Å². The van der Waals surface area contributed by atoms with Gasteiger partial charge in [-0.15, -0.1) is 0 Å². The van der Waals surface area contributed by atoms with E-state index in [9.17, 15) is 0 Å². The third-order valence-electron chi connectivity index (χ3n) is 3.15. The molecule has 0 spiro atoms. The smallest absolute Gasteiger partial charge is 0.154 e. The van der Waals surface area contributed by atoms with Gasteiger partial charge in [-0.2, -0.15) is 0 Å². The third kappa shape index (κ3) is 3.72. The van der Waals surface area contributed by atoms with Gasteiger partial charge >= 0.3 is 0 Å². The molecule has 21 heavy (non-hydrogen) atoms. The second kappa shape index (κ2) is 7.29. The van der Waals surface area contributed by atoms with Crippen LogP contribution in [0.3, 0.4) is 0 Å². The minimum Gasteiger partial charge on any atom is -0.385 e. The first-order valence-electron chi connectivity index (χ1n) is 7.08. The van der Waals surface area contributed by atoms with Crippen LogP contribution in [0.4, 0.5) is 11.5 Å². The summed E-state index contributed by atoms with van der Waals surface area (Å²) >= 11 is 0. The van der Waals surface area contributed by atoms with Gasteiger partial charge in [0.1, 0.15) is 0 Å². The Bertz CT molecular complexity index is 643. The molecule has 0 amide bonds. The fraction of sp³-hybridized carbons (Fsp3) is 0.167. The van der Waals surface area contributed by atoms with E-state index in [0.29, 0.717) is 0 Å². The summed E-state index contributed by atoms with van der Waals surface area (Å²) in [5, 5.41) is 6.53. The monoisotopic (exact) mass is 279 g/mol. The number of nitrogens with one attached hydrogen (secondary N) is 2. The molecule has 0 aliphatic heterocycles. The quantitative estimate of drug-likeness (QED) is 0.780. The minimum absolute atomic E-state index is 0.824. The average molecular weight is 279 g/mol. The number of aromatic nitrogens is 1. The molecule has 0 aliphatic rings. The van der Waals surface area contributed by atoms with Gasteiger partial charge in [0, 0.05) is 18.3 Å². The zero-order valence-electron chi connectivity index (χ0n) is 12.7. The number of rotatable bonds is 5. The maximum atomic E-state index is 4.74. The largest absolute Gasteiger partial charge is 0.385 e. The Balaban J connectivity index is 2.39. The van der Waals surface area contributed by atoms with Crippen LogP contribution in [0.2, 0.25) is 0 Å². The fourth-order valence-electron chi connectivity index (χ4n) is 2.05. The van der Waals surface area contributed by atoms with Crippen LogP contribution in [0.15, 0.2) is 66.4 Å². The van der Waals surface area contributed by atoms with Crippen molar-refractivity contribution in [3.05, 3.63) is 66.4 Å². The van der Waals surface area contributed by atoms with E-state index in [1.165, 1.54) is 0 Å². The van der Waals surface area contributed by atoms with Crippen LogP contribution in [-0.2, 0) is 0 Å². The van der Waals surface area contributed by atoms with Gasteiger partial charge in [0.25, 0.3) is 0 Å². The highest BCUT2D eigenvalue weighted by Gasteiger charge is 2.06. The molecular formula is C18H21N3. The number of hydrogen-bond donors (Lipinski definition) is 2. The highest BCUT2D eigenvalue weighted by atomic mass is 15.0. The van der Waals surface area contributed by atoms with Gasteiger partial charge in [-0.25, -0.2) is 4.98 Å². The maximum absolute atomic E-state index is 4.74. The molecule has 0 aliphatic carbocycles. The van der Waals surface area contributed by atoms with Crippen LogP contribution >= 0.6 is 0 Å². The van der Waals surface area contributed by atoms with E-state index >= 15 is 0 Å². The predicted octanol–water partition coefficient (Wildman–Crippen LogP) is 4.68. The van der Waals surface area contributed by atoms with Gasteiger partial charge in [0.15, 0.2) is 5.82 Å². The highest BCUT2D eigenvalue weighted by molar-refractivity contribution is 5.72. The molecule has 2 rings (SSSR count). The normalized spacial score (nSPS) is 11.7. The third-order valence-corrected chi connectivity index (χ3v) is 3.15. The summed E-state index contributed by atoms with van der Waals surface area (Å²) < 4.78 is 0. The van der Waals surface area contributed by atoms with Crippen LogP contribution in [0.25, 0.3) is 11.3 Å². The van der Waals surface area contributed by atoms with Crippen molar-refractivity contribution in [2.24, 2.45) is 0 Å². The Hall–Kier alpha value is -2.55. The average Bonchev–Trinajstić information content (AvgIpc) is 2.55. The van der Waals surface area contributed by atoms with Gasteiger partial charge in [-0.1, -0.05) is 42.5 Å². The molecule has 1 aromatic carbocycles. The number of hydrogen-bond acceptors (Lipinski definition) is 3. The highest BCUT2D eigenvalue weighted by Crippen LogP contribution is 2.26. The molecular weight excluding hydrogens is 258 g/mol. The number of allylic oxidation sites excluding steroid dienone is 3. The van der Waals surface area contributed by atoms with Gasteiger partial charge in [0.05, 0.1) is 11.4 Å². The number of nitrogens with zero attached hydrogens (tertiary/aromatic N) is 1. The maximum Gasteiger partial charge on any atom is 0.154 e. The van der Waals surface area contributed by atoms with Crippen molar-refractivity contribution in [2.75, 3.05) is 17.7 Å². The Morgan fingerprint density at radius 2 is 1.81 bits per heavy atom. The summed E-state index contributed by atoms with van der Waals surface area (Å²) in [5.74, 6) is 0.824. The number of anilines is 2. The van der Waals surface area contributed by atoms with E-state index in [4.69, 9.17) is 4.98 Å². The van der Waals surface area contributed by atoms with Crippen LogP contribution < -0.4 is 10.6 Å². The van der Waals surface area contributed by atoms with Crippen LogP contribution in [0.5, 0.6) is 0 Å². The van der Waals surface area contributed by atoms with Crippen molar-refractivity contribution in [1.29, 1.82) is 0 Å². The fourth-order valence-corrected chi connectivity index (χ4v) is 2.05. The Kier molecular flexibility index (Phi) is 5.16. The molecule has 0 unspecified atom stereocenters. The zero-order valence-corrected chi connectivity index (χ0v) is 12.7. The summed E-state index contributed by atoms with van der Waals surface area (Å²) in [6.45, 7) is 4.00. The topological polar surface area (TPSA) is 37.0 Å². The predicted molar refractivity (Wildman–Crippen MR) is 91.4 cm³/mol. The van der Waals surface area contributed by atoms with E-state index in [0.717, 1.165) is 28.5 Å². The van der Waals surface area contributed by atoms with Gasteiger partial charge in [-0.05, 0) is 32.1 Å². The van der Waals surface area contributed by atoms with E-state index in [2.05, 4.69) is 22.8 Å². The van der Waals surface area contributed by atoms with Gasteiger partial charge in [0.2, 0.25) is 0 Å². The Labute approximate surface area is 126 Å². The van der Waals surface area contributed by atoms with Gasteiger partial charge < -0.3 is 10.6 Å².